The standard InChI is InChI=1S/C18H24N2O2/c1-13(12-17(21)22)18-14(2)20(11-7-10-19(3)4)16-9-6-5-8-15(16)18/h5-6,8-9,12H,7,10-11H2,1-4H3,(H,21,22). The van der Waals surface area contributed by atoms with Crippen LogP contribution < -0.4 is 0 Å². The van der Waals surface area contributed by atoms with Crippen LogP contribution in [0, 0.1) is 6.92 Å². The number of nitrogens with zero attached hydrogens (tertiary/aromatic N) is 2. The van der Waals surface area contributed by atoms with E-state index < -0.39 is 5.97 Å². The maximum absolute atomic E-state index is 11.0. The first kappa shape index (κ1) is 16.3. The Morgan fingerprint density at radius 2 is 2.00 bits per heavy atom. The molecule has 0 aliphatic carbocycles. The molecule has 118 valence electrons. The van der Waals surface area contributed by atoms with Crippen LogP contribution in [0.5, 0.6) is 0 Å². The first-order valence-corrected chi connectivity index (χ1v) is 7.56. The molecule has 0 saturated heterocycles. The second kappa shape index (κ2) is 6.79. The number of fused-ring (bicyclic) bond motifs is 1. The minimum absolute atomic E-state index is 0.799. The third-order valence-corrected chi connectivity index (χ3v) is 3.95. The van der Waals surface area contributed by atoms with E-state index in [1.807, 2.05) is 19.1 Å². The second-order valence-corrected chi connectivity index (χ2v) is 5.95. The van der Waals surface area contributed by atoms with Crippen molar-refractivity contribution in [3.05, 3.63) is 41.6 Å². The Morgan fingerprint density at radius 3 is 2.64 bits per heavy atom. The molecular formula is C18H24N2O2. The highest BCUT2D eigenvalue weighted by Gasteiger charge is 2.15. The summed E-state index contributed by atoms with van der Waals surface area (Å²) in [6, 6.07) is 8.21. The zero-order chi connectivity index (χ0) is 16.3. The minimum Gasteiger partial charge on any atom is -0.478 e. The monoisotopic (exact) mass is 300 g/mol. The largest absolute Gasteiger partial charge is 0.478 e. The fourth-order valence-electron chi connectivity index (χ4n) is 3.02. The summed E-state index contributed by atoms with van der Waals surface area (Å²) < 4.78 is 2.30. The van der Waals surface area contributed by atoms with Crippen LogP contribution >= 0.6 is 0 Å². The number of hydrogen-bond donors (Lipinski definition) is 1. The number of carbonyl (C=O) groups is 1. The van der Waals surface area contributed by atoms with E-state index in [1.54, 1.807) is 0 Å². The number of carboxylic acid groups (broad SMARTS) is 1. The summed E-state index contributed by atoms with van der Waals surface area (Å²) in [6.07, 6.45) is 2.35. The van der Waals surface area contributed by atoms with Gasteiger partial charge in [0.15, 0.2) is 0 Å². The second-order valence-electron chi connectivity index (χ2n) is 5.95. The number of aryl methyl sites for hydroxylation is 1. The molecule has 0 atom stereocenters. The number of aliphatic carboxylic acids is 1. The van der Waals surface area contributed by atoms with Crippen molar-refractivity contribution in [1.29, 1.82) is 0 Å². The van der Waals surface area contributed by atoms with Crippen LogP contribution in [0.1, 0.15) is 24.6 Å². The minimum atomic E-state index is -0.902. The maximum Gasteiger partial charge on any atom is 0.328 e. The van der Waals surface area contributed by atoms with Crippen LogP contribution in [0.3, 0.4) is 0 Å². The summed E-state index contributed by atoms with van der Waals surface area (Å²) in [4.78, 5) is 13.2. The molecule has 22 heavy (non-hydrogen) atoms. The highest BCUT2D eigenvalue weighted by atomic mass is 16.4. The lowest BCUT2D eigenvalue weighted by Gasteiger charge is -2.12. The zero-order valence-electron chi connectivity index (χ0n) is 13.8. The van der Waals surface area contributed by atoms with Gasteiger partial charge in [0.05, 0.1) is 0 Å². The van der Waals surface area contributed by atoms with Crippen molar-refractivity contribution in [1.82, 2.24) is 9.47 Å². The molecule has 1 N–H and O–H groups in total. The molecular weight excluding hydrogens is 276 g/mol. The molecule has 0 radical (unpaired) electrons. The number of benzene rings is 1. The summed E-state index contributed by atoms with van der Waals surface area (Å²) >= 11 is 0. The van der Waals surface area contributed by atoms with Crippen LogP contribution in [0.4, 0.5) is 0 Å². The van der Waals surface area contributed by atoms with Crippen LogP contribution in [-0.2, 0) is 11.3 Å². The van der Waals surface area contributed by atoms with E-state index in [4.69, 9.17) is 5.11 Å². The van der Waals surface area contributed by atoms with Crippen LogP contribution in [0.2, 0.25) is 0 Å². The number of allylic oxidation sites excluding steroid dienone is 1. The molecule has 0 unspecified atom stereocenters. The van der Waals surface area contributed by atoms with Crippen molar-refractivity contribution < 1.29 is 9.90 Å². The van der Waals surface area contributed by atoms with E-state index in [0.717, 1.165) is 41.7 Å². The Labute approximate surface area is 131 Å². The first-order valence-electron chi connectivity index (χ1n) is 7.56. The quantitative estimate of drug-likeness (QED) is 0.832. The summed E-state index contributed by atoms with van der Waals surface area (Å²) in [6.45, 7) is 5.91. The highest BCUT2D eigenvalue weighted by molar-refractivity contribution is 5.99. The van der Waals surface area contributed by atoms with E-state index in [2.05, 4.69) is 42.6 Å². The molecule has 0 spiro atoms. The van der Waals surface area contributed by atoms with Gasteiger partial charge in [-0.25, -0.2) is 4.79 Å². The van der Waals surface area contributed by atoms with Gasteiger partial charge in [-0.1, -0.05) is 18.2 Å². The van der Waals surface area contributed by atoms with Gasteiger partial charge in [0.2, 0.25) is 0 Å². The molecule has 1 heterocycles. The van der Waals surface area contributed by atoms with Gasteiger partial charge >= 0.3 is 5.97 Å². The molecule has 4 nitrogen and oxygen atoms in total. The molecule has 2 rings (SSSR count). The van der Waals surface area contributed by atoms with Gasteiger partial charge in [0.1, 0.15) is 0 Å². The summed E-state index contributed by atoms with van der Waals surface area (Å²) in [5.41, 5.74) is 4.15. The molecule has 0 bridgehead atoms. The lowest BCUT2D eigenvalue weighted by molar-refractivity contribution is -0.131. The fourth-order valence-corrected chi connectivity index (χ4v) is 3.02. The van der Waals surface area contributed by atoms with Gasteiger partial charge in [-0.3, -0.25) is 0 Å². The Morgan fingerprint density at radius 1 is 1.32 bits per heavy atom. The molecule has 1 aromatic carbocycles. The smallest absolute Gasteiger partial charge is 0.328 e. The van der Waals surface area contributed by atoms with Crippen molar-refractivity contribution in [3.63, 3.8) is 0 Å². The van der Waals surface area contributed by atoms with E-state index in [-0.39, 0.29) is 0 Å². The van der Waals surface area contributed by atoms with E-state index in [0.29, 0.717) is 0 Å². The van der Waals surface area contributed by atoms with Crippen molar-refractivity contribution in [2.75, 3.05) is 20.6 Å². The lowest BCUT2D eigenvalue weighted by atomic mass is 10.0. The van der Waals surface area contributed by atoms with Crippen molar-refractivity contribution >= 4 is 22.4 Å². The third kappa shape index (κ3) is 3.39. The SMILES string of the molecule is CC(=CC(=O)O)c1c(C)n(CCCN(C)C)c2ccccc12. The van der Waals surface area contributed by atoms with Gasteiger partial charge in [-0.2, -0.15) is 0 Å². The van der Waals surface area contributed by atoms with Gasteiger partial charge in [0.25, 0.3) is 0 Å². The maximum atomic E-state index is 11.0. The Bertz CT molecular complexity index is 711. The molecule has 0 aliphatic rings. The number of carboxylic acids is 1. The van der Waals surface area contributed by atoms with Gasteiger partial charge in [-0.05, 0) is 52.5 Å². The summed E-state index contributed by atoms with van der Waals surface area (Å²) in [5.74, 6) is -0.902. The average molecular weight is 300 g/mol. The number of hydrogen-bond acceptors (Lipinski definition) is 2. The zero-order valence-corrected chi connectivity index (χ0v) is 13.8. The van der Waals surface area contributed by atoms with E-state index in [9.17, 15) is 4.79 Å². The van der Waals surface area contributed by atoms with Crippen molar-refractivity contribution in [2.45, 2.75) is 26.8 Å². The molecule has 2 aromatic rings. The molecule has 4 heteroatoms. The van der Waals surface area contributed by atoms with Gasteiger partial charge in [-0.15, -0.1) is 0 Å². The molecule has 0 saturated carbocycles. The van der Waals surface area contributed by atoms with Gasteiger partial charge < -0.3 is 14.6 Å². The molecule has 1 aromatic heterocycles. The number of aromatic nitrogens is 1. The van der Waals surface area contributed by atoms with Crippen LogP contribution in [0.15, 0.2) is 30.3 Å². The average Bonchev–Trinajstić information content (AvgIpc) is 2.70. The Balaban J connectivity index is 2.49. The first-order chi connectivity index (χ1) is 10.4. The van der Waals surface area contributed by atoms with Crippen molar-refractivity contribution in [3.8, 4) is 0 Å². The predicted molar refractivity (Wildman–Crippen MR) is 91.1 cm³/mol. The van der Waals surface area contributed by atoms with Crippen molar-refractivity contribution in [2.24, 2.45) is 0 Å². The molecule has 0 fully saturated rings. The number of rotatable bonds is 6. The third-order valence-electron chi connectivity index (χ3n) is 3.95. The van der Waals surface area contributed by atoms with Gasteiger partial charge in [0, 0.05) is 34.8 Å². The lowest BCUT2D eigenvalue weighted by Crippen LogP contribution is -2.15. The predicted octanol–water partition coefficient (Wildman–Crippen LogP) is 3.39. The summed E-state index contributed by atoms with van der Waals surface area (Å²) in [5, 5.41) is 10.2. The Kier molecular flexibility index (Phi) is 5.03. The fraction of sp³-hybridized carbons (Fsp3) is 0.389. The number of para-hydroxylation sites is 1. The molecule has 0 amide bonds. The van der Waals surface area contributed by atoms with Crippen LogP contribution in [0.25, 0.3) is 16.5 Å². The summed E-state index contributed by atoms with van der Waals surface area (Å²) in [7, 11) is 4.15. The molecule has 0 aliphatic heterocycles. The normalized spacial score (nSPS) is 12.3. The van der Waals surface area contributed by atoms with E-state index >= 15 is 0 Å². The van der Waals surface area contributed by atoms with Crippen LogP contribution in [-0.4, -0.2) is 41.2 Å². The Hall–Kier alpha value is -2.07. The van der Waals surface area contributed by atoms with E-state index in [1.165, 1.54) is 11.6 Å². The topological polar surface area (TPSA) is 45.5 Å². The highest BCUT2D eigenvalue weighted by Crippen LogP contribution is 2.31.